The lowest BCUT2D eigenvalue weighted by Crippen LogP contribution is -2.30. The van der Waals surface area contributed by atoms with Crippen molar-refractivity contribution in [3.63, 3.8) is 0 Å². The standard InChI is InChI=1S/C19H19NO3/c1-23-19(22)16-10-5-9-15(13-16)18(21)20-12-6-11-17(20)14-7-3-2-4-8-14/h2-5,7-10,13,17H,6,11-12H2,1H3. The summed E-state index contributed by atoms with van der Waals surface area (Å²) in [6.45, 7) is 0.737. The van der Waals surface area contributed by atoms with Gasteiger partial charge in [-0.3, -0.25) is 4.79 Å². The van der Waals surface area contributed by atoms with Gasteiger partial charge in [-0.15, -0.1) is 0 Å². The first-order valence-corrected chi connectivity index (χ1v) is 7.75. The maximum absolute atomic E-state index is 12.9. The van der Waals surface area contributed by atoms with Crippen molar-refractivity contribution in [3.8, 4) is 0 Å². The number of hydrogen-bond donors (Lipinski definition) is 0. The average Bonchev–Trinajstić information content (AvgIpc) is 3.11. The molecule has 0 aliphatic carbocycles. The SMILES string of the molecule is COC(=O)c1cccc(C(=O)N2CCCC2c2ccccc2)c1. The molecule has 1 aliphatic rings. The van der Waals surface area contributed by atoms with Crippen LogP contribution in [0.3, 0.4) is 0 Å². The number of esters is 1. The van der Waals surface area contributed by atoms with Crippen molar-refractivity contribution in [2.45, 2.75) is 18.9 Å². The minimum Gasteiger partial charge on any atom is -0.465 e. The fraction of sp³-hybridized carbons (Fsp3) is 0.263. The molecule has 2 aromatic rings. The van der Waals surface area contributed by atoms with Gasteiger partial charge >= 0.3 is 5.97 Å². The smallest absolute Gasteiger partial charge is 0.337 e. The Labute approximate surface area is 135 Å². The Morgan fingerprint density at radius 1 is 1.04 bits per heavy atom. The molecule has 1 amide bonds. The molecule has 1 unspecified atom stereocenters. The molecule has 1 heterocycles. The van der Waals surface area contributed by atoms with Gasteiger partial charge in [0, 0.05) is 12.1 Å². The minimum atomic E-state index is -0.430. The van der Waals surface area contributed by atoms with E-state index in [1.54, 1.807) is 24.3 Å². The van der Waals surface area contributed by atoms with Crippen LogP contribution in [-0.2, 0) is 4.74 Å². The van der Waals surface area contributed by atoms with Crippen molar-refractivity contribution < 1.29 is 14.3 Å². The summed E-state index contributed by atoms with van der Waals surface area (Å²) in [4.78, 5) is 26.4. The molecular formula is C19H19NO3. The Balaban J connectivity index is 1.86. The Hall–Kier alpha value is -2.62. The summed E-state index contributed by atoms with van der Waals surface area (Å²) in [6, 6.07) is 16.9. The van der Waals surface area contributed by atoms with Crippen LogP contribution in [0.4, 0.5) is 0 Å². The number of amides is 1. The van der Waals surface area contributed by atoms with Crippen LogP contribution in [0.2, 0.25) is 0 Å². The van der Waals surface area contributed by atoms with Gasteiger partial charge in [0.05, 0.1) is 18.7 Å². The van der Waals surface area contributed by atoms with Crippen LogP contribution in [0.15, 0.2) is 54.6 Å². The van der Waals surface area contributed by atoms with Crippen LogP contribution in [-0.4, -0.2) is 30.4 Å². The second-order valence-corrected chi connectivity index (χ2v) is 5.64. The second kappa shape index (κ2) is 6.65. The number of carbonyl (C=O) groups excluding carboxylic acids is 2. The molecule has 23 heavy (non-hydrogen) atoms. The molecule has 1 aliphatic heterocycles. The molecular weight excluding hydrogens is 290 g/mol. The lowest BCUT2D eigenvalue weighted by molar-refractivity contribution is 0.0600. The van der Waals surface area contributed by atoms with Crippen molar-refractivity contribution in [2.75, 3.05) is 13.7 Å². The van der Waals surface area contributed by atoms with Crippen molar-refractivity contribution >= 4 is 11.9 Å². The highest BCUT2D eigenvalue weighted by atomic mass is 16.5. The third-order valence-corrected chi connectivity index (χ3v) is 4.23. The third kappa shape index (κ3) is 3.11. The van der Waals surface area contributed by atoms with Crippen molar-refractivity contribution in [2.24, 2.45) is 0 Å². The van der Waals surface area contributed by atoms with Crippen LogP contribution in [0.25, 0.3) is 0 Å². The van der Waals surface area contributed by atoms with E-state index in [1.807, 2.05) is 23.1 Å². The summed E-state index contributed by atoms with van der Waals surface area (Å²) in [5.41, 5.74) is 2.08. The van der Waals surface area contributed by atoms with Gasteiger partial charge < -0.3 is 9.64 Å². The lowest BCUT2D eigenvalue weighted by Gasteiger charge is -2.25. The number of likely N-dealkylation sites (tertiary alicyclic amines) is 1. The van der Waals surface area contributed by atoms with Gasteiger partial charge in [-0.25, -0.2) is 4.79 Å². The Kier molecular flexibility index (Phi) is 4.42. The topological polar surface area (TPSA) is 46.6 Å². The van der Waals surface area contributed by atoms with Crippen LogP contribution < -0.4 is 0 Å². The highest BCUT2D eigenvalue weighted by Gasteiger charge is 2.30. The zero-order chi connectivity index (χ0) is 16.2. The fourth-order valence-corrected chi connectivity index (χ4v) is 3.09. The third-order valence-electron chi connectivity index (χ3n) is 4.23. The fourth-order valence-electron chi connectivity index (χ4n) is 3.09. The molecule has 0 saturated carbocycles. The van der Waals surface area contributed by atoms with E-state index in [4.69, 9.17) is 4.74 Å². The number of nitrogens with zero attached hydrogens (tertiary/aromatic N) is 1. The van der Waals surface area contributed by atoms with Gasteiger partial charge in [0.15, 0.2) is 0 Å². The predicted molar refractivity (Wildman–Crippen MR) is 87.2 cm³/mol. The van der Waals surface area contributed by atoms with E-state index >= 15 is 0 Å². The van der Waals surface area contributed by atoms with E-state index in [1.165, 1.54) is 7.11 Å². The number of benzene rings is 2. The maximum atomic E-state index is 12.9. The summed E-state index contributed by atoms with van der Waals surface area (Å²) < 4.78 is 4.72. The van der Waals surface area contributed by atoms with Gasteiger partial charge in [-0.2, -0.15) is 0 Å². The molecule has 0 aromatic heterocycles. The Bertz CT molecular complexity index is 712. The Morgan fingerprint density at radius 3 is 2.52 bits per heavy atom. The molecule has 4 heteroatoms. The van der Waals surface area contributed by atoms with E-state index in [-0.39, 0.29) is 11.9 Å². The predicted octanol–water partition coefficient (Wildman–Crippen LogP) is 3.45. The molecule has 0 bridgehead atoms. The highest BCUT2D eigenvalue weighted by molar-refractivity contribution is 5.98. The van der Waals surface area contributed by atoms with Crippen molar-refractivity contribution in [1.29, 1.82) is 0 Å². The lowest BCUT2D eigenvalue weighted by atomic mass is 10.0. The Morgan fingerprint density at radius 2 is 1.78 bits per heavy atom. The summed E-state index contributed by atoms with van der Waals surface area (Å²) in [5, 5.41) is 0. The van der Waals surface area contributed by atoms with Crippen molar-refractivity contribution in [1.82, 2.24) is 4.90 Å². The number of rotatable bonds is 3. The van der Waals surface area contributed by atoms with Gasteiger partial charge in [-0.1, -0.05) is 36.4 Å². The summed E-state index contributed by atoms with van der Waals surface area (Å²) in [5.74, 6) is -0.470. The second-order valence-electron chi connectivity index (χ2n) is 5.64. The monoisotopic (exact) mass is 309 g/mol. The van der Waals surface area contributed by atoms with Gasteiger partial charge in [0.1, 0.15) is 0 Å². The van der Waals surface area contributed by atoms with Crippen molar-refractivity contribution in [3.05, 3.63) is 71.3 Å². The molecule has 1 fully saturated rings. The summed E-state index contributed by atoms with van der Waals surface area (Å²) >= 11 is 0. The normalized spacial score (nSPS) is 17.1. The molecule has 3 rings (SSSR count). The van der Waals surface area contributed by atoms with E-state index in [0.29, 0.717) is 11.1 Å². The minimum absolute atomic E-state index is 0.0397. The van der Waals surface area contributed by atoms with Gasteiger partial charge in [-0.05, 0) is 36.6 Å². The van der Waals surface area contributed by atoms with Crippen LogP contribution in [0.5, 0.6) is 0 Å². The zero-order valence-electron chi connectivity index (χ0n) is 13.1. The number of hydrogen-bond acceptors (Lipinski definition) is 3. The van der Waals surface area contributed by atoms with Crippen LogP contribution in [0.1, 0.15) is 45.2 Å². The van der Waals surface area contributed by atoms with E-state index in [0.717, 1.165) is 24.9 Å². The molecule has 0 radical (unpaired) electrons. The van der Waals surface area contributed by atoms with E-state index < -0.39 is 5.97 Å². The summed E-state index contributed by atoms with van der Waals surface area (Å²) in [6.07, 6.45) is 1.95. The van der Waals surface area contributed by atoms with Crippen LogP contribution >= 0.6 is 0 Å². The number of carbonyl (C=O) groups is 2. The molecule has 0 spiro atoms. The molecule has 1 saturated heterocycles. The van der Waals surface area contributed by atoms with Gasteiger partial charge in [0.2, 0.25) is 0 Å². The average molecular weight is 309 g/mol. The summed E-state index contributed by atoms with van der Waals surface area (Å²) in [7, 11) is 1.34. The first-order chi connectivity index (χ1) is 11.2. The molecule has 4 nitrogen and oxygen atoms in total. The maximum Gasteiger partial charge on any atom is 0.337 e. The largest absolute Gasteiger partial charge is 0.465 e. The van der Waals surface area contributed by atoms with Crippen LogP contribution in [0, 0.1) is 0 Å². The number of methoxy groups -OCH3 is 1. The molecule has 1 atom stereocenters. The first kappa shape index (κ1) is 15.3. The first-order valence-electron chi connectivity index (χ1n) is 7.75. The quantitative estimate of drug-likeness (QED) is 0.816. The van der Waals surface area contributed by atoms with E-state index in [2.05, 4.69) is 12.1 Å². The zero-order valence-corrected chi connectivity index (χ0v) is 13.1. The van der Waals surface area contributed by atoms with E-state index in [9.17, 15) is 9.59 Å². The highest BCUT2D eigenvalue weighted by Crippen LogP contribution is 2.33. The van der Waals surface area contributed by atoms with Gasteiger partial charge in [0.25, 0.3) is 5.91 Å². The number of ether oxygens (including phenoxy) is 1. The molecule has 2 aromatic carbocycles. The molecule has 118 valence electrons. The molecule has 0 N–H and O–H groups in total.